The third-order valence-corrected chi connectivity index (χ3v) is 3.47. The first-order chi connectivity index (χ1) is 7.09. The number of Topliss-reactive ketones (excluding diaryl/α,β-unsaturated/α-hetero) is 2. The molecule has 4 heteroatoms. The van der Waals surface area contributed by atoms with Gasteiger partial charge in [0.2, 0.25) is 0 Å². The Balaban J connectivity index is 2.20. The zero-order valence-electron chi connectivity index (χ0n) is 8.53. The number of carbonyl (C=O) groups is 2. The van der Waals surface area contributed by atoms with Crippen LogP contribution in [0.5, 0.6) is 0 Å². The molecule has 2 aliphatic rings. The second-order valence-electron chi connectivity index (χ2n) is 4.14. The summed E-state index contributed by atoms with van der Waals surface area (Å²) in [5.74, 6) is -0.447. The summed E-state index contributed by atoms with van der Waals surface area (Å²) >= 11 is 6.00. The summed E-state index contributed by atoms with van der Waals surface area (Å²) in [4.78, 5) is 23.0. The van der Waals surface area contributed by atoms with Gasteiger partial charge in [-0.05, 0) is 19.8 Å². The van der Waals surface area contributed by atoms with Crippen LogP contribution >= 0.6 is 11.6 Å². The van der Waals surface area contributed by atoms with Gasteiger partial charge >= 0.3 is 0 Å². The van der Waals surface area contributed by atoms with Gasteiger partial charge < -0.3 is 4.74 Å². The summed E-state index contributed by atoms with van der Waals surface area (Å²) in [6.07, 6.45) is 3.42. The molecule has 0 amide bonds. The number of ketones is 2. The van der Waals surface area contributed by atoms with Gasteiger partial charge in [0.25, 0.3) is 0 Å². The second kappa shape index (κ2) is 3.97. The predicted molar refractivity (Wildman–Crippen MR) is 55.6 cm³/mol. The molecule has 3 unspecified atom stereocenters. The van der Waals surface area contributed by atoms with Crippen LogP contribution in [0, 0.1) is 5.92 Å². The lowest BCUT2D eigenvalue weighted by Gasteiger charge is -2.35. The fraction of sp³-hybridized carbons (Fsp3) is 0.636. The predicted octanol–water partition coefficient (Wildman–Crippen LogP) is 1.83. The number of halogens is 1. The van der Waals surface area contributed by atoms with E-state index in [1.807, 2.05) is 0 Å². The number of hydrogen-bond donors (Lipinski definition) is 0. The number of allylic oxidation sites excluding steroid dienone is 1. The van der Waals surface area contributed by atoms with E-state index in [4.69, 9.17) is 16.3 Å². The van der Waals surface area contributed by atoms with Gasteiger partial charge in [-0.15, -0.1) is 11.6 Å². The minimum Gasteiger partial charge on any atom is -0.496 e. The van der Waals surface area contributed by atoms with Crippen LogP contribution in [0.3, 0.4) is 0 Å². The lowest BCUT2D eigenvalue weighted by Crippen LogP contribution is -2.40. The van der Waals surface area contributed by atoms with Crippen molar-refractivity contribution in [2.24, 2.45) is 5.92 Å². The van der Waals surface area contributed by atoms with E-state index < -0.39 is 0 Å². The third kappa shape index (κ3) is 1.93. The first-order valence-electron chi connectivity index (χ1n) is 5.14. The van der Waals surface area contributed by atoms with Crippen LogP contribution in [0.4, 0.5) is 0 Å². The molecule has 15 heavy (non-hydrogen) atoms. The van der Waals surface area contributed by atoms with E-state index in [1.165, 1.54) is 13.2 Å². The highest BCUT2D eigenvalue weighted by atomic mass is 35.5. The zero-order valence-corrected chi connectivity index (χ0v) is 9.29. The summed E-state index contributed by atoms with van der Waals surface area (Å²) in [7, 11) is 0. The molecule has 1 aliphatic carbocycles. The van der Waals surface area contributed by atoms with Crippen molar-refractivity contribution in [3.05, 3.63) is 11.8 Å². The van der Waals surface area contributed by atoms with Crippen molar-refractivity contribution in [3.63, 3.8) is 0 Å². The average Bonchev–Trinajstić information content (AvgIpc) is 2.17. The Bertz CT molecular complexity index is 335. The number of fused-ring (bicyclic) bond motifs is 1. The van der Waals surface area contributed by atoms with E-state index in [0.717, 1.165) is 12.8 Å². The highest BCUT2D eigenvalue weighted by Gasteiger charge is 2.40. The van der Waals surface area contributed by atoms with Crippen LogP contribution in [0.15, 0.2) is 11.8 Å². The Kier molecular flexibility index (Phi) is 2.83. The molecule has 0 spiro atoms. The monoisotopic (exact) mass is 228 g/mol. The van der Waals surface area contributed by atoms with Gasteiger partial charge in [0, 0.05) is 11.8 Å². The molecule has 1 aliphatic heterocycles. The maximum Gasteiger partial charge on any atom is 0.176 e. The molecule has 1 saturated carbocycles. The Morgan fingerprint density at radius 3 is 2.93 bits per heavy atom. The Labute approximate surface area is 93.4 Å². The summed E-state index contributed by atoms with van der Waals surface area (Å²) in [5.41, 5.74) is 0.198. The maximum atomic E-state index is 11.9. The SMILES string of the molecule is CC(=O)C1=COC2CC(Cl)CCC2C1=O. The Morgan fingerprint density at radius 2 is 2.27 bits per heavy atom. The second-order valence-corrected chi connectivity index (χ2v) is 4.76. The molecule has 0 bridgehead atoms. The molecule has 3 nitrogen and oxygen atoms in total. The smallest absolute Gasteiger partial charge is 0.176 e. The molecule has 1 heterocycles. The molecular formula is C11H13ClO3. The van der Waals surface area contributed by atoms with Crippen molar-refractivity contribution in [3.8, 4) is 0 Å². The van der Waals surface area contributed by atoms with Crippen molar-refractivity contribution < 1.29 is 14.3 Å². The normalized spacial score (nSPS) is 35.2. The number of hydrogen-bond acceptors (Lipinski definition) is 3. The maximum absolute atomic E-state index is 11.9. The molecule has 82 valence electrons. The quantitative estimate of drug-likeness (QED) is 0.508. The molecule has 1 fully saturated rings. The highest BCUT2D eigenvalue weighted by Crippen LogP contribution is 2.35. The zero-order chi connectivity index (χ0) is 11.0. The van der Waals surface area contributed by atoms with Gasteiger partial charge in [0.15, 0.2) is 11.6 Å². The van der Waals surface area contributed by atoms with Crippen LogP contribution in [-0.4, -0.2) is 23.0 Å². The molecule has 3 atom stereocenters. The van der Waals surface area contributed by atoms with Crippen LogP contribution < -0.4 is 0 Å². The largest absolute Gasteiger partial charge is 0.496 e. The van der Waals surface area contributed by atoms with Crippen molar-refractivity contribution in [2.75, 3.05) is 0 Å². The van der Waals surface area contributed by atoms with Gasteiger partial charge in [0.05, 0.1) is 17.8 Å². The van der Waals surface area contributed by atoms with Crippen LogP contribution in [0.2, 0.25) is 0 Å². The summed E-state index contributed by atoms with van der Waals surface area (Å²) in [5, 5.41) is 0.0892. The van der Waals surface area contributed by atoms with Crippen molar-refractivity contribution in [1.82, 2.24) is 0 Å². The van der Waals surface area contributed by atoms with Gasteiger partial charge in [-0.2, -0.15) is 0 Å². The van der Waals surface area contributed by atoms with E-state index in [9.17, 15) is 9.59 Å². The van der Waals surface area contributed by atoms with Gasteiger partial charge in [0.1, 0.15) is 6.10 Å². The van der Waals surface area contributed by atoms with E-state index in [2.05, 4.69) is 0 Å². The molecule has 0 saturated heterocycles. The summed E-state index contributed by atoms with van der Waals surface area (Å²) in [6.45, 7) is 1.39. The minimum absolute atomic E-state index is 0.0673. The van der Waals surface area contributed by atoms with Crippen LogP contribution in [-0.2, 0) is 14.3 Å². The lowest BCUT2D eigenvalue weighted by atomic mass is 9.79. The van der Waals surface area contributed by atoms with Crippen molar-refractivity contribution in [2.45, 2.75) is 37.7 Å². The third-order valence-electron chi connectivity index (χ3n) is 3.07. The number of carbonyl (C=O) groups excluding carboxylic acids is 2. The lowest BCUT2D eigenvalue weighted by molar-refractivity contribution is -0.129. The van der Waals surface area contributed by atoms with Crippen LogP contribution in [0.25, 0.3) is 0 Å². The van der Waals surface area contributed by atoms with E-state index >= 15 is 0 Å². The minimum atomic E-state index is -0.216. The number of ether oxygens (including phenoxy) is 1. The first-order valence-corrected chi connectivity index (χ1v) is 5.58. The molecule has 0 aromatic heterocycles. The fourth-order valence-electron chi connectivity index (χ4n) is 2.20. The molecule has 0 N–H and O–H groups in total. The molecular weight excluding hydrogens is 216 g/mol. The number of rotatable bonds is 1. The van der Waals surface area contributed by atoms with Gasteiger partial charge in [-0.1, -0.05) is 0 Å². The van der Waals surface area contributed by atoms with Crippen molar-refractivity contribution >= 4 is 23.2 Å². The number of alkyl halides is 1. The average molecular weight is 229 g/mol. The Hall–Kier alpha value is -0.830. The summed E-state index contributed by atoms with van der Waals surface area (Å²) < 4.78 is 5.41. The van der Waals surface area contributed by atoms with E-state index in [0.29, 0.717) is 6.42 Å². The standard InChI is InChI=1S/C11H13ClO3/c1-6(13)9-5-15-10-4-7(12)2-3-8(10)11(9)14/h5,7-8,10H,2-4H2,1H3. The topological polar surface area (TPSA) is 43.4 Å². The molecule has 0 aromatic carbocycles. The molecule has 0 radical (unpaired) electrons. The Morgan fingerprint density at radius 1 is 1.53 bits per heavy atom. The molecule has 2 rings (SSSR count). The van der Waals surface area contributed by atoms with Gasteiger partial charge in [-0.3, -0.25) is 9.59 Å². The first kappa shape index (κ1) is 10.7. The van der Waals surface area contributed by atoms with Crippen molar-refractivity contribution in [1.29, 1.82) is 0 Å². The summed E-state index contributed by atoms with van der Waals surface area (Å²) in [6, 6.07) is 0. The van der Waals surface area contributed by atoms with Crippen LogP contribution in [0.1, 0.15) is 26.2 Å². The fourth-order valence-corrected chi connectivity index (χ4v) is 2.50. The molecule has 0 aromatic rings. The highest BCUT2D eigenvalue weighted by molar-refractivity contribution is 6.22. The van der Waals surface area contributed by atoms with Gasteiger partial charge in [-0.25, -0.2) is 0 Å². The van der Waals surface area contributed by atoms with E-state index in [-0.39, 0.29) is 34.5 Å². The van der Waals surface area contributed by atoms with E-state index in [1.54, 1.807) is 0 Å².